The number of carbonyl (C=O) groups is 1. The van der Waals surface area contributed by atoms with Gasteiger partial charge in [0.05, 0.1) is 24.9 Å². The quantitative estimate of drug-likeness (QED) is 0.589. The maximum atomic E-state index is 14.0. The lowest BCUT2D eigenvalue weighted by molar-refractivity contribution is -0.273. The highest BCUT2D eigenvalue weighted by molar-refractivity contribution is 5.87. The molecule has 2 N–H and O–H groups in total. The Morgan fingerprint density at radius 1 is 0.969 bits per heavy atom. The summed E-state index contributed by atoms with van der Waals surface area (Å²) < 4.78 is 13.1. The van der Waals surface area contributed by atoms with Crippen molar-refractivity contribution in [3.63, 3.8) is 0 Å². The molecule has 0 aromatic heterocycles. The minimum Gasteiger partial charge on any atom is -0.393 e. The predicted octanol–water partition coefficient (Wildman–Crippen LogP) is 3.94. The molecule has 6 fully saturated rings. The number of fused-ring (bicyclic) bond motifs is 7. The fraction of sp³-hybridized carbons (Fsp3) is 0.963. The van der Waals surface area contributed by atoms with Gasteiger partial charge in [-0.15, -0.1) is 0 Å². The van der Waals surface area contributed by atoms with E-state index in [0.717, 1.165) is 45.1 Å². The SMILES string of the molecule is CC1C2C(CC3C4C[C@H](O)[C@H]5C[C@@H](O)CC[C@]5(C)C4CC(=O)[C@@]32C)OC12CC[C@@H](C)CO2. The summed E-state index contributed by atoms with van der Waals surface area (Å²) in [6.07, 6.45) is 6.20. The molecular weight excluding hydrogens is 404 g/mol. The van der Waals surface area contributed by atoms with Gasteiger partial charge in [-0.25, -0.2) is 0 Å². The lowest BCUT2D eigenvalue weighted by Gasteiger charge is -2.61. The van der Waals surface area contributed by atoms with E-state index in [4.69, 9.17) is 9.47 Å². The van der Waals surface area contributed by atoms with Crippen LogP contribution < -0.4 is 0 Å². The molecule has 2 aliphatic heterocycles. The molecule has 180 valence electrons. The van der Waals surface area contributed by atoms with Gasteiger partial charge in [0.25, 0.3) is 0 Å². The van der Waals surface area contributed by atoms with Crippen LogP contribution in [0.4, 0.5) is 0 Å². The Morgan fingerprint density at radius 2 is 1.75 bits per heavy atom. The van der Waals surface area contributed by atoms with Gasteiger partial charge in [-0.05, 0) is 73.5 Å². The van der Waals surface area contributed by atoms with Crippen molar-refractivity contribution in [2.75, 3.05) is 6.61 Å². The van der Waals surface area contributed by atoms with Crippen LogP contribution in [0.3, 0.4) is 0 Å². The van der Waals surface area contributed by atoms with Gasteiger partial charge in [0.15, 0.2) is 5.79 Å². The molecule has 4 saturated carbocycles. The average molecular weight is 447 g/mol. The van der Waals surface area contributed by atoms with E-state index < -0.39 is 5.79 Å². The van der Waals surface area contributed by atoms with Crippen LogP contribution >= 0.6 is 0 Å². The Hall–Kier alpha value is -0.490. The molecule has 0 aromatic carbocycles. The maximum Gasteiger partial charge on any atom is 0.171 e. The topological polar surface area (TPSA) is 76.0 Å². The third-order valence-electron chi connectivity index (χ3n) is 11.8. The normalized spacial score (nSPS) is 61.8. The zero-order valence-electron chi connectivity index (χ0n) is 20.3. The van der Waals surface area contributed by atoms with Gasteiger partial charge in [0.1, 0.15) is 5.78 Å². The summed E-state index contributed by atoms with van der Waals surface area (Å²) in [6, 6.07) is 0. The van der Waals surface area contributed by atoms with Gasteiger partial charge in [-0.3, -0.25) is 4.79 Å². The van der Waals surface area contributed by atoms with Crippen LogP contribution in [0.5, 0.6) is 0 Å². The van der Waals surface area contributed by atoms with E-state index in [1.165, 1.54) is 0 Å². The summed E-state index contributed by atoms with van der Waals surface area (Å²) in [4.78, 5) is 14.0. The number of ketones is 1. The second-order valence-corrected chi connectivity index (χ2v) is 13.1. The first-order valence-corrected chi connectivity index (χ1v) is 13.3. The molecule has 0 amide bonds. The van der Waals surface area contributed by atoms with Gasteiger partial charge >= 0.3 is 0 Å². The Morgan fingerprint density at radius 3 is 2.47 bits per heavy atom. The van der Waals surface area contributed by atoms with Crippen molar-refractivity contribution in [3.05, 3.63) is 0 Å². The number of Topliss-reactive ketones (excluding diaryl/α,β-unsaturated/α-hetero) is 1. The predicted molar refractivity (Wildman–Crippen MR) is 120 cm³/mol. The van der Waals surface area contributed by atoms with E-state index in [-0.39, 0.29) is 52.8 Å². The van der Waals surface area contributed by atoms with Gasteiger partial charge in [-0.2, -0.15) is 0 Å². The Labute approximate surface area is 192 Å². The zero-order valence-corrected chi connectivity index (χ0v) is 20.3. The summed E-state index contributed by atoms with van der Waals surface area (Å²) >= 11 is 0. The van der Waals surface area contributed by atoms with Crippen LogP contribution in [0.2, 0.25) is 0 Å². The molecule has 2 saturated heterocycles. The van der Waals surface area contributed by atoms with Crippen LogP contribution in [0.1, 0.15) is 79.1 Å². The molecule has 4 aliphatic carbocycles. The second kappa shape index (κ2) is 7.02. The van der Waals surface area contributed by atoms with Crippen molar-refractivity contribution < 1.29 is 24.5 Å². The first-order chi connectivity index (χ1) is 15.1. The number of hydrogen-bond acceptors (Lipinski definition) is 5. The van der Waals surface area contributed by atoms with Crippen LogP contribution in [0, 0.1) is 52.3 Å². The summed E-state index contributed by atoms with van der Waals surface area (Å²) in [6.45, 7) is 9.79. The van der Waals surface area contributed by atoms with Crippen molar-refractivity contribution >= 4 is 5.78 Å². The molecule has 7 unspecified atom stereocenters. The number of ether oxygens (including phenoxy) is 2. The molecule has 0 aromatic rings. The maximum absolute atomic E-state index is 14.0. The summed E-state index contributed by atoms with van der Waals surface area (Å²) in [5.41, 5.74) is -0.426. The smallest absolute Gasteiger partial charge is 0.171 e. The van der Waals surface area contributed by atoms with Crippen LogP contribution in [0.25, 0.3) is 0 Å². The van der Waals surface area contributed by atoms with E-state index in [0.29, 0.717) is 36.4 Å². The number of hydrogen-bond donors (Lipinski definition) is 2. The van der Waals surface area contributed by atoms with Crippen molar-refractivity contribution in [2.45, 2.75) is 103 Å². The highest BCUT2D eigenvalue weighted by Crippen LogP contribution is 2.70. The summed E-state index contributed by atoms with van der Waals surface area (Å²) in [7, 11) is 0. The van der Waals surface area contributed by atoms with E-state index in [2.05, 4.69) is 27.7 Å². The van der Waals surface area contributed by atoms with Gasteiger partial charge < -0.3 is 19.7 Å². The molecule has 5 heteroatoms. The number of aliphatic hydroxyl groups is 2. The highest BCUT2D eigenvalue weighted by Gasteiger charge is 2.72. The minimum absolute atomic E-state index is 0.0490. The first kappa shape index (κ1) is 22.0. The summed E-state index contributed by atoms with van der Waals surface area (Å²) in [5.74, 6) is 2.02. The fourth-order valence-corrected chi connectivity index (χ4v) is 9.97. The number of aliphatic hydroxyl groups excluding tert-OH is 2. The fourth-order valence-electron chi connectivity index (χ4n) is 9.97. The van der Waals surface area contributed by atoms with Crippen molar-refractivity contribution in [1.82, 2.24) is 0 Å². The molecule has 1 spiro atoms. The number of rotatable bonds is 0. The molecule has 13 atom stereocenters. The van der Waals surface area contributed by atoms with E-state index in [1.54, 1.807) is 0 Å². The van der Waals surface area contributed by atoms with Crippen LogP contribution in [0.15, 0.2) is 0 Å². The van der Waals surface area contributed by atoms with Gasteiger partial charge in [-0.1, -0.05) is 27.7 Å². The monoisotopic (exact) mass is 446 g/mol. The zero-order chi connectivity index (χ0) is 22.6. The lowest BCUT2D eigenvalue weighted by Crippen LogP contribution is -2.61. The van der Waals surface area contributed by atoms with Crippen molar-refractivity contribution in [1.29, 1.82) is 0 Å². The molecular formula is C27H42O5. The Kier molecular flexibility index (Phi) is 4.83. The van der Waals surface area contributed by atoms with Gasteiger partial charge in [0, 0.05) is 30.1 Å². The Bertz CT molecular complexity index is 789. The van der Waals surface area contributed by atoms with E-state index >= 15 is 0 Å². The molecule has 6 rings (SSSR count). The second-order valence-electron chi connectivity index (χ2n) is 13.1. The molecule has 0 bridgehead atoms. The third kappa shape index (κ3) is 2.69. The molecule has 32 heavy (non-hydrogen) atoms. The van der Waals surface area contributed by atoms with Gasteiger partial charge in [0.2, 0.25) is 0 Å². The average Bonchev–Trinajstić information content (AvgIpc) is 3.19. The van der Waals surface area contributed by atoms with Crippen molar-refractivity contribution in [3.8, 4) is 0 Å². The van der Waals surface area contributed by atoms with Crippen LogP contribution in [-0.4, -0.2) is 46.7 Å². The summed E-state index contributed by atoms with van der Waals surface area (Å²) in [5, 5.41) is 21.5. The van der Waals surface area contributed by atoms with E-state index in [1.807, 2.05) is 0 Å². The lowest BCUT2D eigenvalue weighted by atomic mass is 9.43. The standard InChI is InChI=1S/C27H42O5/c1-14-5-8-27(31-13-14)15(2)24-22(32-27)11-19-17-10-21(29)20-9-16(28)6-7-25(20,3)18(17)12-23(30)26(19,24)4/h14-22,24,28-29H,5-13H2,1-4H3/t14-,15?,16+,17?,18?,19?,20-,21+,22?,24?,25-,26-,27?/m1/s1. The van der Waals surface area contributed by atoms with Crippen molar-refractivity contribution in [2.24, 2.45) is 52.3 Å². The molecule has 6 aliphatic rings. The third-order valence-corrected chi connectivity index (χ3v) is 11.8. The van der Waals surface area contributed by atoms with Crippen LogP contribution in [-0.2, 0) is 14.3 Å². The number of carbonyl (C=O) groups excluding carboxylic acids is 1. The molecule has 5 nitrogen and oxygen atoms in total. The molecule has 2 heterocycles. The first-order valence-electron chi connectivity index (χ1n) is 13.3. The minimum atomic E-state index is -0.504. The van der Waals surface area contributed by atoms with E-state index in [9.17, 15) is 15.0 Å². The highest BCUT2D eigenvalue weighted by atomic mass is 16.7. The largest absolute Gasteiger partial charge is 0.393 e. The Balaban J connectivity index is 1.32. The molecule has 0 radical (unpaired) electrons.